The van der Waals surface area contributed by atoms with Crippen LogP contribution in [0.1, 0.15) is 206 Å². The number of unbranched alkanes of at least 4 members (excludes halogenated alkanes) is 21. The minimum Gasteiger partial charge on any atom is -0.457 e. The molecule has 0 aromatic carbocycles. The van der Waals surface area contributed by atoms with E-state index in [0.29, 0.717) is 13.0 Å². The van der Waals surface area contributed by atoms with E-state index in [0.717, 1.165) is 83.5 Å². The third-order valence-corrected chi connectivity index (χ3v) is 13.7. The van der Waals surface area contributed by atoms with Crippen molar-refractivity contribution in [3.8, 4) is 0 Å². The van der Waals surface area contributed by atoms with Gasteiger partial charge in [0.1, 0.15) is 54.9 Å². The van der Waals surface area contributed by atoms with Crippen molar-refractivity contribution >= 4 is 5.97 Å². The van der Waals surface area contributed by atoms with Gasteiger partial charge in [-0.2, -0.15) is 0 Å². The van der Waals surface area contributed by atoms with Crippen LogP contribution in [0.25, 0.3) is 0 Å². The number of esters is 1. The van der Waals surface area contributed by atoms with Crippen molar-refractivity contribution in [3.63, 3.8) is 0 Å². The molecule has 0 radical (unpaired) electrons. The molecule has 14 heteroatoms. The van der Waals surface area contributed by atoms with Crippen LogP contribution in [0.3, 0.4) is 0 Å². The van der Waals surface area contributed by atoms with E-state index in [-0.39, 0.29) is 19.6 Å². The molecule has 75 heavy (non-hydrogen) atoms. The molecule has 0 aliphatic carbocycles. The topological polar surface area (TPSA) is 214 Å². The molecule has 0 aromatic rings. The second-order valence-corrected chi connectivity index (χ2v) is 20.4. The summed E-state index contributed by atoms with van der Waals surface area (Å²) in [6.45, 7) is 3.55. The summed E-state index contributed by atoms with van der Waals surface area (Å²) in [5.74, 6) is -0.395. The van der Waals surface area contributed by atoms with E-state index in [1.807, 2.05) is 0 Å². The summed E-state index contributed by atoms with van der Waals surface area (Å²) in [6, 6.07) is 0. The maximum atomic E-state index is 13.1. The molecule has 0 bridgehead atoms. The number of hydrogen-bond donors (Lipinski definition) is 7. The van der Waals surface area contributed by atoms with E-state index in [2.05, 4.69) is 86.8 Å². The molecule has 2 heterocycles. The van der Waals surface area contributed by atoms with Gasteiger partial charge >= 0.3 is 5.97 Å². The molecule has 2 fully saturated rings. The van der Waals surface area contributed by atoms with E-state index in [1.54, 1.807) is 0 Å². The van der Waals surface area contributed by atoms with Crippen molar-refractivity contribution < 1.29 is 69.0 Å². The summed E-state index contributed by atoms with van der Waals surface area (Å²) < 4.78 is 34.4. The van der Waals surface area contributed by atoms with Gasteiger partial charge in [-0.1, -0.05) is 189 Å². The lowest BCUT2D eigenvalue weighted by atomic mass is 9.98. The van der Waals surface area contributed by atoms with Crippen LogP contribution in [0.5, 0.6) is 0 Å². The summed E-state index contributed by atoms with van der Waals surface area (Å²) >= 11 is 0. The number of aliphatic hydroxyl groups excluding tert-OH is 7. The highest BCUT2D eigenvalue weighted by Crippen LogP contribution is 2.26. The number of allylic oxidation sites excluding steroid dienone is 12. The third-order valence-electron chi connectivity index (χ3n) is 13.7. The van der Waals surface area contributed by atoms with Crippen molar-refractivity contribution in [2.75, 3.05) is 33.0 Å². The fraction of sp³-hybridized carbons (Fsp3) is 0.787. The molecule has 0 aromatic heterocycles. The van der Waals surface area contributed by atoms with E-state index in [4.69, 9.17) is 28.4 Å². The van der Waals surface area contributed by atoms with Crippen LogP contribution in [0.4, 0.5) is 0 Å². The SMILES string of the molecule is CC/C=C\C/C=C\C/C=C\C/C=C\C/C=C\CCCCCCCC(=O)OC(COCCCCCCCCCCCC/C=C\CCCCCCCC)COC1OC(COC2OC(CO)C(O)C(O)C2O)C(O)C(O)C1O. The van der Waals surface area contributed by atoms with E-state index in [1.165, 1.54) is 96.3 Å². The first-order valence-electron chi connectivity index (χ1n) is 29.5. The van der Waals surface area contributed by atoms with Crippen LogP contribution in [-0.2, 0) is 33.2 Å². The van der Waals surface area contributed by atoms with Gasteiger partial charge in [0.05, 0.1) is 26.4 Å². The Bertz CT molecular complexity index is 1510. The van der Waals surface area contributed by atoms with Crippen LogP contribution in [0, 0.1) is 0 Å². The van der Waals surface area contributed by atoms with Gasteiger partial charge in [-0.05, 0) is 83.5 Å². The fourth-order valence-corrected chi connectivity index (χ4v) is 8.95. The molecule has 2 aliphatic rings. The first kappa shape index (κ1) is 68.5. The molecule has 434 valence electrons. The third kappa shape index (κ3) is 34.1. The van der Waals surface area contributed by atoms with Gasteiger partial charge in [0.15, 0.2) is 12.6 Å². The summed E-state index contributed by atoms with van der Waals surface area (Å²) in [4.78, 5) is 13.1. The normalized spacial score (nSPS) is 25.1. The lowest BCUT2D eigenvalue weighted by Gasteiger charge is -2.42. The minimum absolute atomic E-state index is 0.0497. The van der Waals surface area contributed by atoms with Gasteiger partial charge in [0.25, 0.3) is 0 Å². The molecule has 0 saturated carbocycles. The maximum Gasteiger partial charge on any atom is 0.306 e. The minimum atomic E-state index is -1.71. The quantitative estimate of drug-likeness (QED) is 0.0172. The Labute approximate surface area is 453 Å². The Morgan fingerprint density at radius 2 is 0.867 bits per heavy atom. The zero-order valence-corrected chi connectivity index (χ0v) is 46.5. The van der Waals surface area contributed by atoms with Gasteiger partial charge < -0.3 is 64.2 Å². The van der Waals surface area contributed by atoms with E-state index in [9.17, 15) is 40.5 Å². The highest BCUT2D eigenvalue weighted by molar-refractivity contribution is 5.69. The number of carbonyl (C=O) groups is 1. The van der Waals surface area contributed by atoms with Gasteiger partial charge in [-0.25, -0.2) is 0 Å². The zero-order chi connectivity index (χ0) is 54.4. The second-order valence-electron chi connectivity index (χ2n) is 20.4. The molecule has 2 saturated heterocycles. The predicted molar refractivity (Wildman–Crippen MR) is 298 cm³/mol. The van der Waals surface area contributed by atoms with E-state index < -0.39 is 86.7 Å². The second kappa shape index (κ2) is 47.4. The fourth-order valence-electron chi connectivity index (χ4n) is 8.95. The largest absolute Gasteiger partial charge is 0.457 e. The van der Waals surface area contributed by atoms with Gasteiger partial charge in [-0.15, -0.1) is 0 Å². The highest BCUT2D eigenvalue weighted by Gasteiger charge is 2.47. The Morgan fingerprint density at radius 3 is 1.37 bits per heavy atom. The first-order valence-corrected chi connectivity index (χ1v) is 29.5. The average Bonchev–Trinajstić information content (AvgIpc) is 3.41. The number of hydrogen-bond acceptors (Lipinski definition) is 14. The number of carbonyl (C=O) groups excluding carboxylic acids is 1. The lowest BCUT2D eigenvalue weighted by molar-refractivity contribution is -0.332. The molecule has 2 rings (SSSR count). The number of aliphatic hydroxyl groups is 7. The number of ether oxygens (including phenoxy) is 6. The van der Waals surface area contributed by atoms with Crippen LogP contribution >= 0.6 is 0 Å². The van der Waals surface area contributed by atoms with Crippen LogP contribution in [0.2, 0.25) is 0 Å². The average molecular weight is 1060 g/mol. The predicted octanol–water partition coefficient (Wildman–Crippen LogP) is 10.6. The van der Waals surface area contributed by atoms with Gasteiger partial charge in [0, 0.05) is 13.0 Å². The van der Waals surface area contributed by atoms with Gasteiger partial charge in [0.2, 0.25) is 0 Å². The molecule has 11 atom stereocenters. The van der Waals surface area contributed by atoms with Gasteiger partial charge in [-0.3, -0.25) is 4.79 Å². The summed E-state index contributed by atoms with van der Waals surface area (Å²) in [5, 5.41) is 72.4. The van der Waals surface area contributed by atoms with Crippen molar-refractivity contribution in [1.29, 1.82) is 0 Å². The molecule has 7 N–H and O–H groups in total. The monoisotopic (exact) mass is 1060 g/mol. The number of rotatable bonds is 47. The lowest BCUT2D eigenvalue weighted by Crippen LogP contribution is -2.61. The van der Waals surface area contributed by atoms with Crippen molar-refractivity contribution in [2.45, 2.75) is 274 Å². The Morgan fingerprint density at radius 1 is 0.453 bits per heavy atom. The van der Waals surface area contributed by atoms with Crippen molar-refractivity contribution in [2.24, 2.45) is 0 Å². The molecule has 14 nitrogen and oxygen atoms in total. The van der Waals surface area contributed by atoms with E-state index >= 15 is 0 Å². The summed E-state index contributed by atoms with van der Waals surface area (Å²) in [6.07, 6.45) is 43.8. The van der Waals surface area contributed by atoms with Crippen LogP contribution in [-0.4, -0.2) is 142 Å². The summed E-state index contributed by atoms with van der Waals surface area (Å²) in [7, 11) is 0. The molecule has 0 spiro atoms. The first-order chi connectivity index (χ1) is 36.6. The summed E-state index contributed by atoms with van der Waals surface area (Å²) in [5.41, 5.74) is 0. The molecule has 0 amide bonds. The Kier molecular flexibility index (Phi) is 43.3. The molecule has 2 aliphatic heterocycles. The van der Waals surface area contributed by atoms with Crippen LogP contribution in [0.15, 0.2) is 72.9 Å². The zero-order valence-electron chi connectivity index (χ0n) is 46.5. The highest BCUT2D eigenvalue weighted by atomic mass is 16.7. The van der Waals surface area contributed by atoms with Crippen molar-refractivity contribution in [1.82, 2.24) is 0 Å². The standard InChI is InChI=1S/C61H106O14/c1-3-5-7-9-11-13-15-17-19-21-23-25-26-28-30-32-34-36-38-40-42-44-53(63)73-50(47-70-45-43-41-39-37-35-33-31-29-27-24-22-20-18-16-14-12-10-8-6-4-2)48-71-60-59(69)57(67)55(65)52(75-60)49-72-61-58(68)56(66)54(64)51(46-62)74-61/h5,7,11,13,17-20,23,25,28,30,50-52,54-62,64-69H,3-4,6,8-10,12,14-16,21-22,24,26-27,29,31-49H2,1-2H3/b7-5-,13-11-,19-17-,20-18-,25-23-,30-28-. The Balaban J connectivity index is 1.73. The maximum absolute atomic E-state index is 13.1. The smallest absolute Gasteiger partial charge is 0.306 e. The van der Waals surface area contributed by atoms with Crippen molar-refractivity contribution in [3.05, 3.63) is 72.9 Å². The molecule has 11 unspecified atom stereocenters. The molecular formula is C61H106O14. The Hall–Kier alpha value is -2.57. The van der Waals surface area contributed by atoms with Crippen LogP contribution < -0.4 is 0 Å². The molecular weight excluding hydrogens is 957 g/mol.